The SMILES string of the molecule is C=C/C(=C\C(F)=C(/C)C#N)Cn1cncc1C=O.CC. The smallest absolute Gasteiger partial charge is 0.168 e. The van der Waals surface area contributed by atoms with E-state index < -0.39 is 5.83 Å². The second-order valence-corrected chi connectivity index (χ2v) is 3.57. The Hall–Kier alpha value is -2.48. The highest BCUT2D eigenvalue weighted by Crippen LogP contribution is 2.12. The predicted octanol–water partition coefficient (Wildman–Crippen LogP) is 3.60. The van der Waals surface area contributed by atoms with Gasteiger partial charge in [-0.15, -0.1) is 0 Å². The number of carbonyl (C=O) groups is 1. The molecule has 0 bridgehead atoms. The van der Waals surface area contributed by atoms with Gasteiger partial charge in [0.25, 0.3) is 0 Å². The van der Waals surface area contributed by atoms with Gasteiger partial charge in [-0.3, -0.25) is 4.79 Å². The summed E-state index contributed by atoms with van der Waals surface area (Å²) in [5.74, 6) is -0.611. The van der Waals surface area contributed by atoms with Gasteiger partial charge in [0.1, 0.15) is 11.5 Å². The monoisotopic (exact) mass is 275 g/mol. The molecule has 1 rings (SSSR count). The molecule has 0 aliphatic rings. The van der Waals surface area contributed by atoms with Gasteiger partial charge < -0.3 is 4.57 Å². The summed E-state index contributed by atoms with van der Waals surface area (Å²) in [6, 6.07) is 1.73. The van der Waals surface area contributed by atoms with E-state index in [1.807, 2.05) is 13.8 Å². The lowest BCUT2D eigenvalue weighted by molar-refractivity contribution is 0.111. The second-order valence-electron chi connectivity index (χ2n) is 3.57. The van der Waals surface area contributed by atoms with Gasteiger partial charge in [0.2, 0.25) is 0 Å². The van der Waals surface area contributed by atoms with E-state index in [0.717, 1.165) is 0 Å². The lowest BCUT2D eigenvalue weighted by Gasteiger charge is -2.05. The second kappa shape index (κ2) is 9.45. The Labute approximate surface area is 118 Å². The van der Waals surface area contributed by atoms with Crippen molar-refractivity contribution in [2.24, 2.45) is 0 Å². The van der Waals surface area contributed by atoms with E-state index >= 15 is 0 Å². The van der Waals surface area contributed by atoms with Crippen molar-refractivity contribution in [2.75, 3.05) is 0 Å². The third-order valence-electron chi connectivity index (χ3n) is 2.32. The van der Waals surface area contributed by atoms with Crippen molar-refractivity contribution in [3.8, 4) is 6.07 Å². The van der Waals surface area contributed by atoms with Gasteiger partial charge in [-0.2, -0.15) is 5.26 Å². The summed E-state index contributed by atoms with van der Waals surface area (Å²) in [4.78, 5) is 14.5. The predicted molar refractivity (Wildman–Crippen MR) is 76.7 cm³/mol. The highest BCUT2D eigenvalue weighted by molar-refractivity contribution is 5.71. The van der Waals surface area contributed by atoms with Crippen LogP contribution in [0.1, 0.15) is 31.3 Å². The number of rotatable bonds is 5. The van der Waals surface area contributed by atoms with Crippen LogP contribution >= 0.6 is 0 Å². The van der Waals surface area contributed by atoms with E-state index in [1.165, 1.54) is 31.6 Å². The first-order valence-corrected chi connectivity index (χ1v) is 6.17. The third kappa shape index (κ3) is 5.02. The molecule has 4 nitrogen and oxygen atoms in total. The third-order valence-corrected chi connectivity index (χ3v) is 2.32. The molecule has 1 heterocycles. The highest BCUT2D eigenvalue weighted by Gasteiger charge is 2.04. The molecule has 0 aromatic carbocycles. The Kier molecular flexibility index (Phi) is 8.28. The zero-order chi connectivity index (χ0) is 15.5. The summed E-state index contributed by atoms with van der Waals surface area (Å²) >= 11 is 0. The summed E-state index contributed by atoms with van der Waals surface area (Å²) in [6.07, 6.45) is 6.25. The molecule has 0 saturated carbocycles. The van der Waals surface area contributed by atoms with Crippen molar-refractivity contribution in [3.63, 3.8) is 0 Å². The summed E-state index contributed by atoms with van der Waals surface area (Å²) in [6.45, 7) is 9.23. The molecule has 1 aromatic rings. The average Bonchev–Trinajstić information content (AvgIpc) is 2.94. The number of aldehydes is 1. The van der Waals surface area contributed by atoms with E-state index in [2.05, 4.69) is 11.6 Å². The fraction of sp³-hybridized carbons (Fsp3) is 0.267. The van der Waals surface area contributed by atoms with Crippen LogP contribution in [0.25, 0.3) is 0 Å². The van der Waals surface area contributed by atoms with E-state index in [-0.39, 0.29) is 12.1 Å². The van der Waals surface area contributed by atoms with E-state index in [1.54, 1.807) is 10.6 Å². The zero-order valence-corrected chi connectivity index (χ0v) is 11.9. The fourth-order valence-corrected chi connectivity index (χ4v) is 1.25. The first kappa shape index (κ1) is 17.5. The summed E-state index contributed by atoms with van der Waals surface area (Å²) in [5, 5.41) is 8.57. The minimum Gasteiger partial charge on any atom is -0.324 e. The number of carbonyl (C=O) groups excluding carboxylic acids is 1. The van der Waals surface area contributed by atoms with Crippen LogP contribution in [0.5, 0.6) is 0 Å². The Balaban J connectivity index is 0.00000172. The number of imidazole rings is 1. The number of allylic oxidation sites excluding steroid dienone is 5. The Bertz CT molecular complexity index is 562. The van der Waals surface area contributed by atoms with Crippen molar-refractivity contribution in [1.82, 2.24) is 9.55 Å². The van der Waals surface area contributed by atoms with Gasteiger partial charge in [0.05, 0.1) is 24.2 Å². The van der Waals surface area contributed by atoms with Crippen LogP contribution in [0.2, 0.25) is 0 Å². The highest BCUT2D eigenvalue weighted by atomic mass is 19.1. The van der Waals surface area contributed by atoms with E-state index in [9.17, 15) is 9.18 Å². The molecule has 0 atom stereocenters. The Morgan fingerprint density at radius 2 is 2.25 bits per heavy atom. The molecular weight excluding hydrogens is 257 g/mol. The molecule has 0 saturated heterocycles. The minimum atomic E-state index is -0.611. The number of hydrogen-bond donors (Lipinski definition) is 0. The van der Waals surface area contributed by atoms with Gasteiger partial charge in [0, 0.05) is 6.54 Å². The van der Waals surface area contributed by atoms with Crippen molar-refractivity contribution >= 4 is 6.29 Å². The average molecular weight is 275 g/mol. The molecule has 0 unspecified atom stereocenters. The largest absolute Gasteiger partial charge is 0.324 e. The maximum Gasteiger partial charge on any atom is 0.168 e. The lowest BCUT2D eigenvalue weighted by atomic mass is 10.2. The Morgan fingerprint density at radius 1 is 1.60 bits per heavy atom. The topological polar surface area (TPSA) is 58.7 Å². The standard InChI is InChI=1S/C13H12FN3O.C2H6/c1-3-11(4-13(14)10(2)5-15)7-17-9-16-6-12(17)8-18;1-2/h3-4,6,8-9H,1,7H2,2H3;1-2H3/b11-4+,13-10-;. The molecule has 0 fully saturated rings. The molecular formula is C15H18FN3O. The zero-order valence-electron chi connectivity index (χ0n) is 11.9. The van der Waals surface area contributed by atoms with Crippen molar-refractivity contribution in [2.45, 2.75) is 27.3 Å². The summed E-state index contributed by atoms with van der Waals surface area (Å²) in [7, 11) is 0. The molecule has 1 aromatic heterocycles. The molecule has 106 valence electrons. The van der Waals surface area contributed by atoms with Gasteiger partial charge in [0.15, 0.2) is 6.29 Å². The maximum absolute atomic E-state index is 13.5. The number of hydrogen-bond acceptors (Lipinski definition) is 3. The Morgan fingerprint density at radius 3 is 2.75 bits per heavy atom. The van der Waals surface area contributed by atoms with Crippen LogP contribution < -0.4 is 0 Å². The first-order valence-electron chi connectivity index (χ1n) is 6.17. The van der Waals surface area contributed by atoms with Crippen molar-refractivity contribution in [3.05, 3.63) is 53.9 Å². The molecule has 0 N–H and O–H groups in total. The quantitative estimate of drug-likeness (QED) is 0.468. The molecule has 0 amide bonds. The van der Waals surface area contributed by atoms with Crippen LogP contribution in [-0.2, 0) is 6.54 Å². The van der Waals surface area contributed by atoms with Gasteiger partial charge in [-0.25, -0.2) is 9.37 Å². The van der Waals surface area contributed by atoms with Gasteiger partial charge in [-0.1, -0.05) is 26.5 Å². The maximum atomic E-state index is 13.5. The molecule has 0 aliphatic heterocycles. The fourth-order valence-electron chi connectivity index (χ4n) is 1.25. The van der Waals surface area contributed by atoms with Crippen LogP contribution in [0.15, 0.2) is 48.2 Å². The molecule has 20 heavy (non-hydrogen) atoms. The molecule has 0 radical (unpaired) electrons. The van der Waals surface area contributed by atoms with E-state index in [0.29, 0.717) is 17.6 Å². The van der Waals surface area contributed by atoms with E-state index in [4.69, 9.17) is 5.26 Å². The van der Waals surface area contributed by atoms with Crippen molar-refractivity contribution < 1.29 is 9.18 Å². The van der Waals surface area contributed by atoms with Crippen LogP contribution in [0.3, 0.4) is 0 Å². The summed E-state index contributed by atoms with van der Waals surface area (Å²) < 4.78 is 15.0. The number of nitriles is 1. The number of halogens is 1. The number of aromatic nitrogens is 2. The van der Waals surface area contributed by atoms with Crippen molar-refractivity contribution in [1.29, 1.82) is 5.26 Å². The van der Waals surface area contributed by atoms with Gasteiger partial charge >= 0.3 is 0 Å². The number of nitrogens with zero attached hydrogens (tertiary/aromatic N) is 3. The van der Waals surface area contributed by atoms with Crippen LogP contribution in [0.4, 0.5) is 4.39 Å². The molecule has 0 spiro atoms. The lowest BCUT2D eigenvalue weighted by Crippen LogP contribution is -2.02. The van der Waals surface area contributed by atoms with Gasteiger partial charge in [-0.05, 0) is 18.6 Å². The molecule has 5 heteroatoms. The van der Waals surface area contributed by atoms with Crippen LogP contribution in [0, 0.1) is 11.3 Å². The summed E-state index contributed by atoms with van der Waals surface area (Å²) in [5.41, 5.74) is 0.933. The van der Waals surface area contributed by atoms with Crippen LogP contribution in [-0.4, -0.2) is 15.8 Å². The molecule has 0 aliphatic carbocycles. The normalized spacial score (nSPS) is 11.7. The minimum absolute atomic E-state index is 0.00408. The first-order chi connectivity index (χ1) is 9.62.